The maximum absolute atomic E-state index is 13.2. The van der Waals surface area contributed by atoms with Crippen LogP contribution >= 0.6 is 15.9 Å². The summed E-state index contributed by atoms with van der Waals surface area (Å²) in [6, 6.07) is 15.9. The first-order valence-electron chi connectivity index (χ1n) is 7.42. The van der Waals surface area contributed by atoms with E-state index in [9.17, 15) is 13.2 Å². The molecule has 0 aliphatic rings. The van der Waals surface area contributed by atoms with Crippen LogP contribution in [0.1, 0.15) is 24.5 Å². The monoisotopic (exact) mass is 386 g/mol. The number of alkyl halides is 4. The summed E-state index contributed by atoms with van der Waals surface area (Å²) in [5, 5.41) is 0.763. The van der Waals surface area contributed by atoms with Gasteiger partial charge in [0.15, 0.2) is 6.10 Å². The number of benzene rings is 2. The smallest absolute Gasteiger partial charge is 0.364 e. The lowest BCUT2D eigenvalue weighted by molar-refractivity contribution is -0.224. The normalized spacial score (nSPS) is 13.0. The van der Waals surface area contributed by atoms with Gasteiger partial charge >= 0.3 is 6.18 Å². The van der Waals surface area contributed by atoms with Gasteiger partial charge in [-0.1, -0.05) is 70.5 Å². The average Bonchev–Trinajstić information content (AvgIpc) is 2.55. The van der Waals surface area contributed by atoms with Gasteiger partial charge in [-0.25, -0.2) is 0 Å². The Morgan fingerprint density at radius 2 is 1.48 bits per heavy atom. The quantitative estimate of drug-likeness (QED) is 0.409. The second kappa shape index (κ2) is 8.50. The van der Waals surface area contributed by atoms with Crippen molar-refractivity contribution in [2.45, 2.75) is 25.1 Å². The van der Waals surface area contributed by atoms with Crippen LogP contribution in [0.15, 0.2) is 54.6 Å². The molecular weight excluding hydrogens is 369 g/mol. The molecule has 23 heavy (non-hydrogen) atoms. The zero-order valence-corrected chi connectivity index (χ0v) is 14.1. The van der Waals surface area contributed by atoms with E-state index in [2.05, 4.69) is 15.9 Å². The molecule has 0 amide bonds. The Morgan fingerprint density at radius 1 is 0.870 bits per heavy atom. The molecule has 0 aromatic heterocycles. The first-order valence-corrected chi connectivity index (χ1v) is 8.54. The van der Waals surface area contributed by atoms with E-state index in [0.717, 1.165) is 22.9 Å². The summed E-state index contributed by atoms with van der Waals surface area (Å²) in [5.74, 6) is 0. The van der Waals surface area contributed by atoms with Crippen molar-refractivity contribution < 1.29 is 17.9 Å². The maximum atomic E-state index is 13.2. The van der Waals surface area contributed by atoms with Crippen LogP contribution in [0.4, 0.5) is 13.2 Å². The fourth-order valence-corrected chi connectivity index (χ4v) is 2.65. The standard InChI is InChI=1S/C18H18BrF3O/c19-12-4-5-13-23-17(18(20,21)22)16-10-8-15(9-11-16)14-6-2-1-3-7-14/h1-3,6-11,17H,4-5,12-13H2. The fraction of sp³-hybridized carbons (Fsp3) is 0.333. The van der Waals surface area contributed by atoms with E-state index >= 15 is 0 Å². The molecule has 0 bridgehead atoms. The topological polar surface area (TPSA) is 9.23 Å². The molecule has 0 aliphatic carbocycles. The molecule has 1 nitrogen and oxygen atoms in total. The number of hydrogen-bond donors (Lipinski definition) is 0. The van der Waals surface area contributed by atoms with E-state index in [-0.39, 0.29) is 12.2 Å². The molecule has 0 radical (unpaired) electrons. The molecule has 2 rings (SSSR count). The van der Waals surface area contributed by atoms with E-state index in [1.807, 2.05) is 30.3 Å². The lowest BCUT2D eigenvalue weighted by Gasteiger charge is -2.21. The first kappa shape index (κ1) is 18.0. The molecule has 2 aromatic carbocycles. The number of unbranched alkanes of at least 4 members (excludes halogenated alkanes) is 1. The fourth-order valence-electron chi connectivity index (χ4n) is 2.26. The van der Waals surface area contributed by atoms with Gasteiger partial charge in [0.1, 0.15) is 0 Å². The van der Waals surface area contributed by atoms with Crippen molar-refractivity contribution in [3.05, 3.63) is 60.2 Å². The van der Waals surface area contributed by atoms with Crippen LogP contribution in [0.3, 0.4) is 0 Å². The third-order valence-corrected chi connectivity index (χ3v) is 3.99. The van der Waals surface area contributed by atoms with Gasteiger partial charge < -0.3 is 4.74 Å². The summed E-state index contributed by atoms with van der Waals surface area (Å²) in [6.45, 7) is 0.0935. The van der Waals surface area contributed by atoms with Gasteiger partial charge in [0, 0.05) is 11.9 Å². The minimum absolute atomic E-state index is 0.0935. The van der Waals surface area contributed by atoms with Gasteiger partial charge in [0.25, 0.3) is 0 Å². The Hall–Kier alpha value is -1.33. The zero-order chi connectivity index (χ0) is 16.7. The minimum Gasteiger partial charge on any atom is -0.364 e. The average molecular weight is 387 g/mol. The second-order valence-electron chi connectivity index (χ2n) is 5.18. The van der Waals surface area contributed by atoms with Crippen LogP contribution in [0.2, 0.25) is 0 Å². The van der Waals surface area contributed by atoms with Gasteiger partial charge in [-0.2, -0.15) is 13.2 Å². The van der Waals surface area contributed by atoms with Crippen LogP contribution in [0, 0.1) is 0 Å². The Labute approximate surface area is 142 Å². The van der Waals surface area contributed by atoms with Crippen molar-refractivity contribution in [3.8, 4) is 11.1 Å². The van der Waals surface area contributed by atoms with Crippen LogP contribution in [-0.4, -0.2) is 18.1 Å². The van der Waals surface area contributed by atoms with E-state index in [1.54, 1.807) is 12.1 Å². The number of halogens is 4. The van der Waals surface area contributed by atoms with Crippen molar-refractivity contribution in [3.63, 3.8) is 0 Å². The van der Waals surface area contributed by atoms with Crippen molar-refractivity contribution in [2.75, 3.05) is 11.9 Å². The van der Waals surface area contributed by atoms with Gasteiger partial charge in [-0.3, -0.25) is 0 Å². The van der Waals surface area contributed by atoms with E-state index in [4.69, 9.17) is 4.74 Å². The zero-order valence-electron chi connectivity index (χ0n) is 12.5. The summed E-state index contributed by atoms with van der Waals surface area (Å²) in [7, 11) is 0. The van der Waals surface area contributed by atoms with E-state index in [0.29, 0.717) is 6.42 Å². The van der Waals surface area contributed by atoms with Crippen LogP contribution in [-0.2, 0) is 4.74 Å². The third kappa shape index (κ3) is 5.36. The summed E-state index contributed by atoms with van der Waals surface area (Å²) in [5.41, 5.74) is 1.99. The predicted molar refractivity (Wildman–Crippen MR) is 89.7 cm³/mol. The summed E-state index contributed by atoms with van der Waals surface area (Å²) < 4.78 is 44.7. The summed E-state index contributed by atoms with van der Waals surface area (Å²) >= 11 is 3.25. The van der Waals surface area contributed by atoms with Gasteiger partial charge in [0.05, 0.1) is 0 Å². The molecule has 1 unspecified atom stereocenters. The Kier molecular flexibility index (Phi) is 6.66. The molecule has 5 heteroatoms. The molecule has 0 saturated heterocycles. The van der Waals surface area contributed by atoms with Crippen molar-refractivity contribution in [2.24, 2.45) is 0 Å². The Morgan fingerprint density at radius 3 is 2.04 bits per heavy atom. The third-order valence-electron chi connectivity index (χ3n) is 3.43. The molecule has 1 atom stereocenters. The molecule has 124 valence electrons. The van der Waals surface area contributed by atoms with Gasteiger partial charge in [-0.05, 0) is 29.5 Å². The number of rotatable bonds is 7. The molecule has 0 fully saturated rings. The van der Waals surface area contributed by atoms with Gasteiger partial charge in [-0.15, -0.1) is 0 Å². The van der Waals surface area contributed by atoms with E-state index < -0.39 is 12.3 Å². The van der Waals surface area contributed by atoms with E-state index in [1.165, 1.54) is 12.1 Å². The molecule has 0 N–H and O–H groups in total. The van der Waals surface area contributed by atoms with Crippen LogP contribution < -0.4 is 0 Å². The highest BCUT2D eigenvalue weighted by Gasteiger charge is 2.41. The largest absolute Gasteiger partial charge is 0.418 e. The Bertz CT molecular complexity index is 581. The van der Waals surface area contributed by atoms with Crippen LogP contribution in [0.5, 0.6) is 0 Å². The van der Waals surface area contributed by atoms with Crippen LogP contribution in [0.25, 0.3) is 11.1 Å². The second-order valence-corrected chi connectivity index (χ2v) is 5.97. The highest BCUT2D eigenvalue weighted by molar-refractivity contribution is 9.09. The minimum atomic E-state index is -4.41. The molecule has 0 saturated carbocycles. The first-order chi connectivity index (χ1) is 11.0. The van der Waals surface area contributed by atoms with Crippen molar-refractivity contribution in [1.82, 2.24) is 0 Å². The molecule has 0 heterocycles. The summed E-state index contributed by atoms with van der Waals surface area (Å²) in [4.78, 5) is 0. The van der Waals surface area contributed by atoms with Crippen molar-refractivity contribution in [1.29, 1.82) is 0 Å². The number of ether oxygens (including phenoxy) is 1. The highest BCUT2D eigenvalue weighted by Crippen LogP contribution is 2.36. The van der Waals surface area contributed by atoms with Crippen molar-refractivity contribution >= 4 is 15.9 Å². The molecule has 0 spiro atoms. The maximum Gasteiger partial charge on any atom is 0.418 e. The predicted octanol–water partition coefficient (Wildman–Crippen LogP) is 6.15. The molecular formula is C18H18BrF3O. The van der Waals surface area contributed by atoms with Gasteiger partial charge in [0.2, 0.25) is 0 Å². The molecule has 0 aliphatic heterocycles. The lowest BCUT2D eigenvalue weighted by atomic mass is 10.0. The number of hydrogen-bond acceptors (Lipinski definition) is 1. The Balaban J connectivity index is 2.12. The molecule has 2 aromatic rings. The summed E-state index contributed by atoms with van der Waals surface area (Å²) in [6.07, 6.45) is -4.90. The SMILES string of the molecule is FC(F)(F)C(OCCCCBr)c1ccc(-c2ccccc2)cc1. The highest BCUT2D eigenvalue weighted by atomic mass is 79.9. The lowest BCUT2D eigenvalue weighted by Crippen LogP contribution is -2.24.